The predicted octanol–water partition coefficient (Wildman–Crippen LogP) is 3.88. The largest absolute Gasteiger partial charge is 0.489 e. The summed E-state index contributed by atoms with van der Waals surface area (Å²) in [6.45, 7) is 8.95. The zero-order chi connectivity index (χ0) is 14.0. The highest BCUT2D eigenvalue weighted by molar-refractivity contribution is 5.32. The van der Waals surface area contributed by atoms with Gasteiger partial charge in [-0.1, -0.05) is 39.8 Å². The third kappa shape index (κ3) is 3.73. The van der Waals surface area contributed by atoms with E-state index in [1.807, 2.05) is 6.07 Å². The fourth-order valence-corrected chi connectivity index (χ4v) is 2.70. The molecule has 1 aromatic carbocycles. The Labute approximate surface area is 117 Å². The van der Waals surface area contributed by atoms with Gasteiger partial charge in [-0.15, -0.1) is 0 Å². The second-order valence-electron chi connectivity index (χ2n) is 7.02. The van der Waals surface area contributed by atoms with Crippen LogP contribution in [0.1, 0.15) is 52.5 Å². The van der Waals surface area contributed by atoms with Crippen LogP contribution in [0.25, 0.3) is 0 Å². The Kier molecular flexibility index (Phi) is 4.19. The Morgan fingerprint density at radius 1 is 1.21 bits per heavy atom. The summed E-state index contributed by atoms with van der Waals surface area (Å²) in [5, 5.41) is 0. The van der Waals surface area contributed by atoms with Crippen LogP contribution in [0.15, 0.2) is 24.3 Å². The Morgan fingerprint density at radius 3 is 2.63 bits per heavy atom. The van der Waals surface area contributed by atoms with Crippen molar-refractivity contribution in [1.29, 1.82) is 0 Å². The Bertz CT molecular complexity index is 422. The van der Waals surface area contributed by atoms with Gasteiger partial charge in [-0.3, -0.25) is 0 Å². The molecule has 0 spiro atoms. The van der Waals surface area contributed by atoms with Crippen LogP contribution in [-0.2, 0) is 5.41 Å². The van der Waals surface area contributed by atoms with Crippen LogP contribution in [0.3, 0.4) is 0 Å². The van der Waals surface area contributed by atoms with Gasteiger partial charge >= 0.3 is 0 Å². The second-order valence-corrected chi connectivity index (χ2v) is 7.02. The van der Waals surface area contributed by atoms with Crippen molar-refractivity contribution in [2.24, 2.45) is 11.7 Å². The monoisotopic (exact) mass is 261 g/mol. The molecule has 0 amide bonds. The molecule has 1 aromatic rings. The molecular formula is C17H27NO. The lowest BCUT2D eigenvalue weighted by Gasteiger charge is -2.33. The maximum atomic E-state index is 6.19. The van der Waals surface area contributed by atoms with Gasteiger partial charge in [0.05, 0.1) is 0 Å². The topological polar surface area (TPSA) is 35.2 Å². The fraction of sp³-hybridized carbons (Fsp3) is 0.647. The maximum Gasteiger partial charge on any atom is 0.120 e. The summed E-state index contributed by atoms with van der Waals surface area (Å²) >= 11 is 0. The van der Waals surface area contributed by atoms with E-state index < -0.39 is 0 Å². The van der Waals surface area contributed by atoms with Crippen molar-refractivity contribution in [2.45, 2.75) is 64.5 Å². The van der Waals surface area contributed by atoms with Crippen molar-refractivity contribution < 1.29 is 4.74 Å². The molecule has 0 aromatic heterocycles. The molecule has 0 bridgehead atoms. The zero-order valence-electron chi connectivity index (χ0n) is 12.6. The van der Waals surface area contributed by atoms with E-state index in [2.05, 4.69) is 45.9 Å². The van der Waals surface area contributed by atoms with Crippen molar-refractivity contribution in [3.63, 3.8) is 0 Å². The van der Waals surface area contributed by atoms with E-state index in [1.165, 1.54) is 12.0 Å². The first-order chi connectivity index (χ1) is 8.86. The number of nitrogens with two attached hydrogens (primary N) is 1. The van der Waals surface area contributed by atoms with E-state index in [1.54, 1.807) is 0 Å². The van der Waals surface area contributed by atoms with Crippen LogP contribution in [0.5, 0.6) is 5.75 Å². The van der Waals surface area contributed by atoms with Crippen molar-refractivity contribution in [3.8, 4) is 5.75 Å². The number of hydrogen-bond donors (Lipinski definition) is 1. The minimum absolute atomic E-state index is 0.154. The first kappa shape index (κ1) is 14.4. The van der Waals surface area contributed by atoms with Crippen molar-refractivity contribution in [2.75, 3.05) is 0 Å². The molecule has 19 heavy (non-hydrogen) atoms. The average Bonchev–Trinajstić information content (AvgIpc) is 2.33. The highest BCUT2D eigenvalue weighted by atomic mass is 16.5. The van der Waals surface area contributed by atoms with Gasteiger partial charge in [-0.25, -0.2) is 0 Å². The first-order valence-electron chi connectivity index (χ1n) is 7.39. The molecule has 3 atom stereocenters. The fourth-order valence-electron chi connectivity index (χ4n) is 2.70. The molecule has 0 heterocycles. The molecule has 2 nitrogen and oxygen atoms in total. The molecule has 1 saturated carbocycles. The molecule has 1 fully saturated rings. The van der Waals surface area contributed by atoms with Gasteiger partial charge < -0.3 is 10.5 Å². The van der Waals surface area contributed by atoms with Gasteiger partial charge in [0.1, 0.15) is 11.9 Å². The summed E-state index contributed by atoms with van der Waals surface area (Å²) in [4.78, 5) is 0. The minimum atomic E-state index is 0.154. The van der Waals surface area contributed by atoms with Gasteiger partial charge in [0.25, 0.3) is 0 Å². The highest BCUT2D eigenvalue weighted by Crippen LogP contribution is 2.29. The van der Waals surface area contributed by atoms with E-state index in [-0.39, 0.29) is 17.6 Å². The minimum Gasteiger partial charge on any atom is -0.489 e. The summed E-state index contributed by atoms with van der Waals surface area (Å²) in [6.07, 6.45) is 3.54. The van der Waals surface area contributed by atoms with E-state index >= 15 is 0 Å². The normalized spacial score (nSPS) is 28.2. The third-order valence-corrected chi connectivity index (χ3v) is 4.09. The highest BCUT2D eigenvalue weighted by Gasteiger charge is 2.27. The zero-order valence-corrected chi connectivity index (χ0v) is 12.6. The summed E-state index contributed by atoms with van der Waals surface area (Å²) < 4.78 is 6.15. The Balaban J connectivity index is 2.10. The molecule has 0 radical (unpaired) electrons. The first-order valence-corrected chi connectivity index (χ1v) is 7.39. The summed E-state index contributed by atoms with van der Waals surface area (Å²) in [5.74, 6) is 1.68. The van der Waals surface area contributed by atoms with E-state index in [4.69, 9.17) is 10.5 Å². The van der Waals surface area contributed by atoms with E-state index in [0.717, 1.165) is 24.5 Å². The lowest BCUT2D eigenvalue weighted by molar-refractivity contribution is 0.107. The SMILES string of the molecule is CC1CCC(N)C(Oc2cccc(C(C)(C)C)c2)C1. The molecule has 1 aliphatic carbocycles. The molecule has 2 rings (SSSR count). The van der Waals surface area contributed by atoms with Crippen LogP contribution in [0, 0.1) is 5.92 Å². The summed E-state index contributed by atoms with van der Waals surface area (Å²) in [7, 11) is 0. The van der Waals surface area contributed by atoms with Gasteiger partial charge in [-0.2, -0.15) is 0 Å². The maximum absolute atomic E-state index is 6.19. The number of benzene rings is 1. The van der Waals surface area contributed by atoms with Gasteiger partial charge in [0.15, 0.2) is 0 Å². The van der Waals surface area contributed by atoms with Crippen LogP contribution >= 0.6 is 0 Å². The van der Waals surface area contributed by atoms with Crippen LogP contribution in [0.4, 0.5) is 0 Å². The summed E-state index contributed by atoms with van der Waals surface area (Å²) in [5.41, 5.74) is 7.65. The predicted molar refractivity (Wildman–Crippen MR) is 80.5 cm³/mol. The van der Waals surface area contributed by atoms with Crippen LogP contribution in [-0.4, -0.2) is 12.1 Å². The standard InChI is InChI=1S/C17H27NO/c1-12-8-9-15(18)16(10-12)19-14-7-5-6-13(11-14)17(2,3)4/h5-7,11-12,15-16H,8-10,18H2,1-4H3. The van der Waals surface area contributed by atoms with Crippen LogP contribution < -0.4 is 10.5 Å². The van der Waals surface area contributed by atoms with Gasteiger partial charge in [0.2, 0.25) is 0 Å². The molecule has 2 N–H and O–H groups in total. The molecule has 2 heteroatoms. The van der Waals surface area contributed by atoms with Crippen LogP contribution in [0.2, 0.25) is 0 Å². The molecule has 0 aliphatic heterocycles. The number of ether oxygens (including phenoxy) is 1. The Hall–Kier alpha value is -1.02. The molecule has 106 valence electrons. The number of rotatable bonds is 2. The van der Waals surface area contributed by atoms with Gasteiger partial charge in [0, 0.05) is 6.04 Å². The average molecular weight is 261 g/mol. The smallest absolute Gasteiger partial charge is 0.120 e. The molecule has 1 aliphatic rings. The third-order valence-electron chi connectivity index (χ3n) is 4.09. The Morgan fingerprint density at radius 2 is 1.95 bits per heavy atom. The molecular weight excluding hydrogens is 234 g/mol. The van der Waals surface area contributed by atoms with Crippen molar-refractivity contribution >= 4 is 0 Å². The van der Waals surface area contributed by atoms with E-state index in [0.29, 0.717) is 0 Å². The van der Waals surface area contributed by atoms with E-state index in [9.17, 15) is 0 Å². The molecule has 3 unspecified atom stereocenters. The number of hydrogen-bond acceptors (Lipinski definition) is 2. The summed E-state index contributed by atoms with van der Waals surface area (Å²) in [6, 6.07) is 8.62. The quantitative estimate of drug-likeness (QED) is 0.877. The van der Waals surface area contributed by atoms with Gasteiger partial charge in [-0.05, 0) is 48.3 Å². The lowest BCUT2D eigenvalue weighted by atomic mass is 9.85. The second kappa shape index (κ2) is 5.54. The van der Waals surface area contributed by atoms with Crippen molar-refractivity contribution in [3.05, 3.63) is 29.8 Å². The molecule has 0 saturated heterocycles. The van der Waals surface area contributed by atoms with Crippen molar-refractivity contribution in [1.82, 2.24) is 0 Å². The lowest BCUT2D eigenvalue weighted by Crippen LogP contribution is -2.43.